The van der Waals surface area contributed by atoms with Gasteiger partial charge in [-0.05, 0) is 30.7 Å². The fourth-order valence-corrected chi connectivity index (χ4v) is 3.61. The Balaban J connectivity index is 1.98. The van der Waals surface area contributed by atoms with Gasteiger partial charge in [-0.2, -0.15) is 17.7 Å². The zero-order valence-electron chi connectivity index (χ0n) is 14.6. The van der Waals surface area contributed by atoms with Crippen LogP contribution in [0.4, 0.5) is 0 Å². The van der Waals surface area contributed by atoms with E-state index in [0.29, 0.717) is 21.9 Å². The highest BCUT2D eigenvalue weighted by molar-refractivity contribution is 7.80. The molecule has 1 atom stereocenters. The molecule has 8 nitrogen and oxygen atoms in total. The molecule has 1 aromatic carbocycles. The van der Waals surface area contributed by atoms with Gasteiger partial charge < -0.3 is 5.11 Å². The van der Waals surface area contributed by atoms with Gasteiger partial charge in [0.2, 0.25) is 0 Å². The van der Waals surface area contributed by atoms with Crippen LogP contribution in [0.25, 0.3) is 27.8 Å². The average Bonchev–Trinajstić information content (AvgIpc) is 3.01. The maximum atomic E-state index is 12.8. The van der Waals surface area contributed by atoms with Crippen LogP contribution in [0.2, 0.25) is 5.02 Å². The Morgan fingerprint density at radius 1 is 1.25 bits per heavy atom. The molecule has 4 aromatic rings. The van der Waals surface area contributed by atoms with E-state index < -0.39 is 17.6 Å². The Labute approximate surface area is 168 Å². The van der Waals surface area contributed by atoms with Crippen molar-refractivity contribution in [3.63, 3.8) is 0 Å². The molecule has 0 fully saturated rings. The zero-order chi connectivity index (χ0) is 20.0. The summed E-state index contributed by atoms with van der Waals surface area (Å²) >= 11 is 10.00. The first-order chi connectivity index (χ1) is 13.4. The normalized spacial score (nSPS) is 12.5. The summed E-state index contributed by atoms with van der Waals surface area (Å²) in [6.07, 6.45) is 1.42. The third-order valence-corrected chi connectivity index (χ3v) is 5.11. The van der Waals surface area contributed by atoms with Crippen molar-refractivity contribution >= 4 is 46.9 Å². The van der Waals surface area contributed by atoms with Crippen molar-refractivity contribution < 1.29 is 9.90 Å². The molecule has 10 heteroatoms. The van der Waals surface area contributed by atoms with Gasteiger partial charge >= 0.3 is 5.97 Å². The van der Waals surface area contributed by atoms with Crippen LogP contribution in [0, 0.1) is 6.92 Å². The van der Waals surface area contributed by atoms with Crippen LogP contribution < -0.4 is 5.56 Å². The molecule has 0 saturated heterocycles. The van der Waals surface area contributed by atoms with Crippen LogP contribution >= 0.6 is 24.2 Å². The molecule has 142 valence electrons. The molecule has 0 amide bonds. The first-order valence-electron chi connectivity index (χ1n) is 8.29. The molecule has 28 heavy (non-hydrogen) atoms. The monoisotopic (exact) mass is 415 g/mol. The number of halogens is 1. The van der Waals surface area contributed by atoms with Crippen LogP contribution in [0.5, 0.6) is 0 Å². The van der Waals surface area contributed by atoms with Crippen molar-refractivity contribution in [2.45, 2.75) is 13.0 Å². The van der Waals surface area contributed by atoms with Crippen LogP contribution in [-0.2, 0) is 4.79 Å². The number of hydrogen-bond donors (Lipinski definition) is 2. The molecule has 0 aliphatic carbocycles. The fraction of sp³-hybridized carbons (Fsp3) is 0.167. The minimum atomic E-state index is -1.15. The highest BCUT2D eigenvalue weighted by Gasteiger charge is 2.22. The van der Waals surface area contributed by atoms with Gasteiger partial charge in [0.15, 0.2) is 11.2 Å². The molecule has 1 unspecified atom stereocenters. The van der Waals surface area contributed by atoms with E-state index in [9.17, 15) is 14.7 Å². The van der Waals surface area contributed by atoms with Crippen molar-refractivity contribution in [3.8, 4) is 11.1 Å². The summed E-state index contributed by atoms with van der Waals surface area (Å²) in [6, 6.07) is 7.78. The number of carboxylic acids is 1. The predicted molar refractivity (Wildman–Crippen MR) is 108 cm³/mol. The summed E-state index contributed by atoms with van der Waals surface area (Å²) in [7, 11) is 0. The Hall–Kier alpha value is -2.91. The lowest BCUT2D eigenvalue weighted by atomic mass is 10.1. The number of pyridine rings is 1. The summed E-state index contributed by atoms with van der Waals surface area (Å²) in [4.78, 5) is 24.2. The number of hydrogen-bond acceptors (Lipinski definition) is 6. The number of carbonyl (C=O) groups is 1. The van der Waals surface area contributed by atoms with E-state index in [1.54, 1.807) is 22.7 Å². The van der Waals surface area contributed by atoms with E-state index in [-0.39, 0.29) is 11.3 Å². The SMILES string of the molecule is Cc1nn2c(nnc3c(=O)n(C(CS)C(=O)O)ccc32)c1-c1ccc(Cl)cc1. The van der Waals surface area contributed by atoms with Gasteiger partial charge in [-0.15, -0.1) is 10.2 Å². The molecule has 0 saturated carbocycles. The van der Waals surface area contributed by atoms with Gasteiger partial charge in [0.05, 0.1) is 11.3 Å². The van der Waals surface area contributed by atoms with Gasteiger partial charge in [0.1, 0.15) is 11.6 Å². The number of aromatic nitrogens is 5. The van der Waals surface area contributed by atoms with Crippen molar-refractivity contribution in [2.75, 3.05) is 5.75 Å². The summed E-state index contributed by atoms with van der Waals surface area (Å²) in [5.41, 5.74) is 2.79. The van der Waals surface area contributed by atoms with Crippen LogP contribution in [0.15, 0.2) is 41.3 Å². The summed E-state index contributed by atoms with van der Waals surface area (Å²) in [5, 5.41) is 22.7. The molecule has 4 rings (SSSR count). The van der Waals surface area contributed by atoms with E-state index in [2.05, 4.69) is 27.9 Å². The van der Waals surface area contributed by atoms with Gasteiger partial charge in [0, 0.05) is 17.0 Å². The third kappa shape index (κ3) is 2.83. The lowest BCUT2D eigenvalue weighted by Crippen LogP contribution is -2.31. The number of aryl methyl sites for hydroxylation is 1. The van der Waals surface area contributed by atoms with Crippen LogP contribution in [0.3, 0.4) is 0 Å². The number of fused-ring (bicyclic) bond motifs is 3. The molecule has 3 aromatic heterocycles. The maximum Gasteiger partial charge on any atom is 0.327 e. The Kier molecular flexibility index (Phi) is 4.56. The zero-order valence-corrected chi connectivity index (χ0v) is 16.2. The second-order valence-electron chi connectivity index (χ2n) is 6.20. The predicted octanol–water partition coefficient (Wildman–Crippen LogP) is 2.62. The number of aliphatic carboxylic acids is 1. The van der Waals surface area contributed by atoms with Crippen molar-refractivity contribution in [2.24, 2.45) is 0 Å². The molecule has 0 aliphatic heterocycles. The molecular weight excluding hydrogens is 402 g/mol. The second kappa shape index (κ2) is 6.92. The number of rotatable bonds is 4. The van der Waals surface area contributed by atoms with Gasteiger partial charge in [0.25, 0.3) is 5.56 Å². The highest BCUT2D eigenvalue weighted by atomic mass is 35.5. The van der Waals surface area contributed by atoms with E-state index in [1.807, 2.05) is 19.1 Å². The second-order valence-corrected chi connectivity index (χ2v) is 7.00. The Morgan fingerprint density at radius 2 is 1.96 bits per heavy atom. The number of carboxylic acid groups (broad SMARTS) is 1. The Bertz CT molecular complexity index is 1280. The molecular formula is C18H14ClN5O3S. The van der Waals surface area contributed by atoms with Crippen molar-refractivity contribution in [1.82, 2.24) is 24.4 Å². The van der Waals surface area contributed by atoms with E-state index in [4.69, 9.17) is 11.6 Å². The molecule has 0 bridgehead atoms. The molecule has 0 aliphatic rings. The third-order valence-electron chi connectivity index (χ3n) is 4.51. The van der Waals surface area contributed by atoms with Gasteiger partial charge in [-0.3, -0.25) is 9.36 Å². The average molecular weight is 416 g/mol. The largest absolute Gasteiger partial charge is 0.480 e. The summed E-state index contributed by atoms with van der Waals surface area (Å²) in [6.45, 7) is 1.84. The lowest BCUT2D eigenvalue weighted by molar-refractivity contribution is -0.140. The molecule has 0 spiro atoms. The van der Waals surface area contributed by atoms with Crippen molar-refractivity contribution in [3.05, 3.63) is 57.6 Å². The summed E-state index contributed by atoms with van der Waals surface area (Å²) in [5.74, 6) is -1.18. The first kappa shape index (κ1) is 18.5. The van der Waals surface area contributed by atoms with E-state index in [1.165, 1.54) is 6.20 Å². The number of nitrogens with zero attached hydrogens (tertiary/aromatic N) is 5. The maximum absolute atomic E-state index is 12.8. The topological polar surface area (TPSA) is 102 Å². The minimum Gasteiger partial charge on any atom is -0.480 e. The minimum absolute atomic E-state index is 0.0297. The van der Waals surface area contributed by atoms with Crippen molar-refractivity contribution in [1.29, 1.82) is 0 Å². The quantitative estimate of drug-likeness (QED) is 0.497. The molecule has 0 radical (unpaired) electrons. The first-order valence-corrected chi connectivity index (χ1v) is 9.30. The fourth-order valence-electron chi connectivity index (χ4n) is 3.15. The van der Waals surface area contributed by atoms with Gasteiger partial charge in [-0.1, -0.05) is 23.7 Å². The molecule has 1 N–H and O–H groups in total. The van der Waals surface area contributed by atoms with Gasteiger partial charge in [-0.25, -0.2) is 9.31 Å². The van der Waals surface area contributed by atoms with Crippen LogP contribution in [0.1, 0.15) is 11.7 Å². The smallest absolute Gasteiger partial charge is 0.327 e. The number of benzene rings is 1. The number of thiol groups is 1. The van der Waals surface area contributed by atoms with Crippen LogP contribution in [-0.4, -0.2) is 41.2 Å². The molecule has 3 heterocycles. The van der Waals surface area contributed by atoms with E-state index >= 15 is 0 Å². The standard InChI is InChI=1S/C18H14ClN5O3S/c1-9-14(10-2-4-11(19)5-3-10)16-21-20-15-12(24(16)22-9)6-7-23(17(15)25)13(8-28)18(26)27/h2-7,13,28H,8H2,1H3,(H,26,27). The lowest BCUT2D eigenvalue weighted by Gasteiger charge is -2.13. The Morgan fingerprint density at radius 3 is 2.61 bits per heavy atom. The summed E-state index contributed by atoms with van der Waals surface area (Å²) < 4.78 is 2.64. The van der Waals surface area contributed by atoms with E-state index in [0.717, 1.165) is 15.7 Å². The highest BCUT2D eigenvalue weighted by Crippen LogP contribution is 2.29.